The largest absolute Gasteiger partial charge is 0.454 e. The molecule has 36 heavy (non-hydrogen) atoms. The van der Waals surface area contributed by atoms with Crippen molar-refractivity contribution in [3.05, 3.63) is 83.8 Å². The van der Waals surface area contributed by atoms with Crippen molar-refractivity contribution < 1.29 is 17.9 Å². The zero-order valence-corrected chi connectivity index (χ0v) is 20.7. The third kappa shape index (κ3) is 4.36. The first-order chi connectivity index (χ1) is 17.5. The number of hydrogen-bond donors (Lipinski definition) is 1. The Bertz CT molecular complexity index is 1520. The van der Waals surface area contributed by atoms with E-state index in [0.29, 0.717) is 31.0 Å². The zero-order valence-electron chi connectivity index (χ0n) is 19.8. The average Bonchev–Trinajstić information content (AvgIpc) is 3.63. The van der Waals surface area contributed by atoms with Gasteiger partial charge in [-0.15, -0.1) is 0 Å². The van der Waals surface area contributed by atoms with Crippen LogP contribution in [0.4, 0.5) is 0 Å². The van der Waals surface area contributed by atoms with Crippen molar-refractivity contribution in [2.24, 2.45) is 0 Å². The molecule has 0 spiro atoms. The molecular formula is C27H26N4O4S. The van der Waals surface area contributed by atoms with E-state index in [-0.39, 0.29) is 18.5 Å². The van der Waals surface area contributed by atoms with Crippen LogP contribution >= 0.6 is 0 Å². The summed E-state index contributed by atoms with van der Waals surface area (Å²) in [7, 11) is -3.43. The molecule has 2 aliphatic rings. The van der Waals surface area contributed by atoms with Gasteiger partial charge >= 0.3 is 0 Å². The third-order valence-corrected chi connectivity index (χ3v) is 8.45. The molecular weight excluding hydrogens is 476 g/mol. The van der Waals surface area contributed by atoms with Gasteiger partial charge in [0.15, 0.2) is 11.5 Å². The molecule has 1 saturated heterocycles. The molecule has 6 rings (SSSR count). The average molecular weight is 503 g/mol. The highest BCUT2D eigenvalue weighted by Crippen LogP contribution is 2.39. The van der Waals surface area contributed by atoms with Gasteiger partial charge in [-0.05, 0) is 49.2 Å². The molecule has 4 aromatic rings. The van der Waals surface area contributed by atoms with E-state index in [2.05, 4.69) is 4.98 Å². The van der Waals surface area contributed by atoms with Crippen LogP contribution < -0.4 is 9.47 Å². The van der Waals surface area contributed by atoms with Gasteiger partial charge in [0.2, 0.25) is 16.8 Å². The SMILES string of the molecule is Cc1cccc(-c2[nH]c(C3CCN(S(=O)(=O)Cc4ccccc4)C3)nc2-c2ccc3c(c2)OCO3)n1. The Morgan fingerprint density at radius 1 is 1.00 bits per heavy atom. The van der Waals surface area contributed by atoms with Crippen LogP contribution in [0.25, 0.3) is 22.6 Å². The van der Waals surface area contributed by atoms with Gasteiger partial charge in [0.1, 0.15) is 5.82 Å². The number of imidazole rings is 1. The lowest BCUT2D eigenvalue weighted by Gasteiger charge is -2.16. The monoisotopic (exact) mass is 502 g/mol. The molecule has 2 aromatic heterocycles. The van der Waals surface area contributed by atoms with Crippen molar-refractivity contribution in [1.82, 2.24) is 19.3 Å². The van der Waals surface area contributed by atoms with E-state index in [1.807, 2.05) is 73.7 Å². The molecule has 0 saturated carbocycles. The van der Waals surface area contributed by atoms with Gasteiger partial charge in [-0.2, -0.15) is 0 Å². The van der Waals surface area contributed by atoms with E-state index in [4.69, 9.17) is 19.4 Å². The summed E-state index contributed by atoms with van der Waals surface area (Å²) < 4.78 is 38.8. The number of benzene rings is 2. The Balaban J connectivity index is 1.32. The van der Waals surface area contributed by atoms with Gasteiger partial charge in [0.05, 0.1) is 22.8 Å². The maximum atomic E-state index is 13.1. The highest BCUT2D eigenvalue weighted by molar-refractivity contribution is 7.88. The molecule has 0 radical (unpaired) electrons. The lowest BCUT2D eigenvalue weighted by atomic mass is 10.1. The van der Waals surface area contributed by atoms with Gasteiger partial charge in [0.25, 0.3) is 0 Å². The van der Waals surface area contributed by atoms with Crippen LogP contribution in [-0.4, -0.2) is 47.6 Å². The minimum absolute atomic E-state index is 0.000373. The Morgan fingerprint density at radius 3 is 2.67 bits per heavy atom. The number of sulfonamides is 1. The zero-order chi connectivity index (χ0) is 24.7. The second-order valence-electron chi connectivity index (χ2n) is 9.16. The Morgan fingerprint density at radius 2 is 1.83 bits per heavy atom. The summed E-state index contributed by atoms with van der Waals surface area (Å²) in [4.78, 5) is 13.2. The summed E-state index contributed by atoms with van der Waals surface area (Å²) in [6.45, 7) is 3.02. The minimum Gasteiger partial charge on any atom is -0.454 e. The maximum Gasteiger partial charge on any atom is 0.231 e. The predicted octanol–water partition coefficient (Wildman–Crippen LogP) is 4.50. The van der Waals surface area contributed by atoms with E-state index < -0.39 is 10.0 Å². The summed E-state index contributed by atoms with van der Waals surface area (Å²) in [5.74, 6) is 2.11. The van der Waals surface area contributed by atoms with Crippen molar-refractivity contribution in [2.75, 3.05) is 19.9 Å². The van der Waals surface area contributed by atoms with Crippen molar-refractivity contribution >= 4 is 10.0 Å². The normalized spacial score (nSPS) is 17.5. The lowest BCUT2D eigenvalue weighted by Crippen LogP contribution is -2.29. The highest BCUT2D eigenvalue weighted by atomic mass is 32.2. The second-order valence-corrected chi connectivity index (χ2v) is 11.1. The molecule has 1 N–H and O–H groups in total. The van der Waals surface area contributed by atoms with Crippen LogP contribution in [0.5, 0.6) is 11.5 Å². The first-order valence-corrected chi connectivity index (χ1v) is 13.5. The Hall–Kier alpha value is -3.69. The summed E-state index contributed by atoms with van der Waals surface area (Å²) in [5.41, 5.74) is 4.92. The number of fused-ring (bicyclic) bond motifs is 1. The standard InChI is InChI=1S/C27H26N4O4S/c1-18-6-5-9-22(28-18)26-25(20-10-11-23-24(14-20)35-17-34-23)29-27(30-26)21-12-13-31(15-21)36(32,33)16-19-7-3-2-4-8-19/h2-11,14,21H,12-13,15-17H2,1H3,(H,29,30). The smallest absolute Gasteiger partial charge is 0.231 e. The fourth-order valence-corrected chi connectivity index (χ4v) is 6.37. The Kier molecular flexibility index (Phi) is 5.73. The van der Waals surface area contributed by atoms with E-state index in [0.717, 1.165) is 39.7 Å². The van der Waals surface area contributed by atoms with Crippen LogP contribution in [0.1, 0.15) is 29.4 Å². The van der Waals surface area contributed by atoms with E-state index in [1.54, 1.807) is 4.31 Å². The molecule has 2 aromatic carbocycles. The van der Waals surface area contributed by atoms with Crippen LogP contribution in [0, 0.1) is 6.92 Å². The molecule has 0 aliphatic carbocycles. The predicted molar refractivity (Wildman–Crippen MR) is 136 cm³/mol. The molecule has 0 bridgehead atoms. The van der Waals surface area contributed by atoms with E-state index in [9.17, 15) is 8.42 Å². The number of nitrogens with zero attached hydrogens (tertiary/aromatic N) is 3. The first-order valence-electron chi connectivity index (χ1n) is 11.9. The minimum atomic E-state index is -3.43. The number of aromatic nitrogens is 3. The third-order valence-electron chi connectivity index (χ3n) is 6.64. The summed E-state index contributed by atoms with van der Waals surface area (Å²) in [6.07, 6.45) is 0.697. The molecule has 1 fully saturated rings. The van der Waals surface area contributed by atoms with Crippen LogP contribution in [0.3, 0.4) is 0 Å². The quantitative estimate of drug-likeness (QED) is 0.417. The number of hydrogen-bond acceptors (Lipinski definition) is 6. The van der Waals surface area contributed by atoms with Gasteiger partial charge in [-0.1, -0.05) is 36.4 Å². The lowest BCUT2D eigenvalue weighted by molar-refractivity contribution is 0.174. The van der Waals surface area contributed by atoms with Crippen LogP contribution in [0.2, 0.25) is 0 Å². The number of aromatic amines is 1. The van der Waals surface area contributed by atoms with E-state index in [1.165, 1.54) is 0 Å². The van der Waals surface area contributed by atoms with Gasteiger partial charge < -0.3 is 14.5 Å². The molecule has 1 unspecified atom stereocenters. The van der Waals surface area contributed by atoms with Crippen molar-refractivity contribution in [3.8, 4) is 34.1 Å². The number of nitrogens with one attached hydrogen (secondary N) is 1. The van der Waals surface area contributed by atoms with E-state index >= 15 is 0 Å². The van der Waals surface area contributed by atoms with Crippen molar-refractivity contribution in [2.45, 2.75) is 25.0 Å². The summed E-state index contributed by atoms with van der Waals surface area (Å²) >= 11 is 0. The molecule has 4 heterocycles. The topological polar surface area (TPSA) is 97.4 Å². The first kappa shape index (κ1) is 22.8. The summed E-state index contributed by atoms with van der Waals surface area (Å²) in [5, 5.41) is 0. The molecule has 1 atom stereocenters. The van der Waals surface area contributed by atoms with Crippen molar-refractivity contribution in [1.29, 1.82) is 0 Å². The number of ether oxygens (including phenoxy) is 2. The fourth-order valence-electron chi connectivity index (χ4n) is 4.79. The van der Waals surface area contributed by atoms with Gasteiger partial charge in [0, 0.05) is 30.3 Å². The highest BCUT2D eigenvalue weighted by Gasteiger charge is 2.34. The number of pyridine rings is 1. The van der Waals surface area contributed by atoms with Crippen LogP contribution in [-0.2, 0) is 15.8 Å². The maximum absolute atomic E-state index is 13.1. The fraction of sp³-hybridized carbons (Fsp3) is 0.259. The van der Waals surface area contributed by atoms with Crippen LogP contribution in [0.15, 0.2) is 66.7 Å². The summed E-state index contributed by atoms with van der Waals surface area (Å²) in [6, 6.07) is 20.9. The molecule has 8 nitrogen and oxygen atoms in total. The van der Waals surface area contributed by atoms with Gasteiger partial charge in [-0.3, -0.25) is 4.98 Å². The molecule has 2 aliphatic heterocycles. The van der Waals surface area contributed by atoms with Gasteiger partial charge in [-0.25, -0.2) is 17.7 Å². The number of H-pyrrole nitrogens is 1. The molecule has 9 heteroatoms. The Labute approximate surface area is 210 Å². The second kappa shape index (κ2) is 9.07. The van der Waals surface area contributed by atoms with Crippen molar-refractivity contribution in [3.63, 3.8) is 0 Å². The number of rotatable bonds is 6. The molecule has 0 amide bonds. The molecule has 184 valence electrons. The number of aryl methyl sites for hydroxylation is 1.